The SMILES string of the molecule is CC1CCC(Nc2cccnc2-n2cccn2)C1. The lowest BCUT2D eigenvalue weighted by molar-refractivity contribution is 0.602. The van der Waals surface area contributed by atoms with Crippen molar-refractivity contribution in [2.24, 2.45) is 5.92 Å². The fourth-order valence-electron chi connectivity index (χ4n) is 2.64. The maximum Gasteiger partial charge on any atom is 0.176 e. The van der Waals surface area contributed by atoms with Crippen molar-refractivity contribution in [2.45, 2.75) is 32.2 Å². The fourth-order valence-corrected chi connectivity index (χ4v) is 2.64. The molecule has 18 heavy (non-hydrogen) atoms. The van der Waals surface area contributed by atoms with Crippen molar-refractivity contribution in [3.63, 3.8) is 0 Å². The molecule has 94 valence electrons. The first-order chi connectivity index (χ1) is 8.83. The van der Waals surface area contributed by atoms with E-state index in [1.165, 1.54) is 19.3 Å². The predicted molar refractivity (Wildman–Crippen MR) is 71.8 cm³/mol. The number of rotatable bonds is 3. The second-order valence-corrected chi connectivity index (χ2v) is 5.08. The summed E-state index contributed by atoms with van der Waals surface area (Å²) in [5.74, 6) is 1.70. The van der Waals surface area contributed by atoms with Crippen LogP contribution in [0.25, 0.3) is 5.82 Å². The van der Waals surface area contributed by atoms with E-state index in [1.807, 2.05) is 18.3 Å². The van der Waals surface area contributed by atoms with Crippen molar-refractivity contribution in [1.29, 1.82) is 0 Å². The zero-order chi connectivity index (χ0) is 12.4. The van der Waals surface area contributed by atoms with Crippen LogP contribution in [0.1, 0.15) is 26.2 Å². The van der Waals surface area contributed by atoms with Crippen LogP contribution >= 0.6 is 0 Å². The number of pyridine rings is 1. The molecule has 2 unspecified atom stereocenters. The highest BCUT2D eigenvalue weighted by atomic mass is 15.3. The molecule has 2 atom stereocenters. The molecule has 1 saturated carbocycles. The van der Waals surface area contributed by atoms with E-state index in [9.17, 15) is 0 Å². The highest BCUT2D eigenvalue weighted by molar-refractivity contribution is 5.56. The van der Waals surface area contributed by atoms with Gasteiger partial charge in [0.2, 0.25) is 0 Å². The summed E-state index contributed by atoms with van der Waals surface area (Å²) in [5.41, 5.74) is 1.07. The first-order valence-corrected chi connectivity index (χ1v) is 6.54. The van der Waals surface area contributed by atoms with Crippen LogP contribution in [0, 0.1) is 5.92 Å². The Labute approximate surface area is 107 Å². The third-order valence-electron chi connectivity index (χ3n) is 3.56. The van der Waals surface area contributed by atoms with Crippen molar-refractivity contribution in [2.75, 3.05) is 5.32 Å². The molecule has 0 amide bonds. The monoisotopic (exact) mass is 242 g/mol. The summed E-state index contributed by atoms with van der Waals surface area (Å²) in [6.07, 6.45) is 9.30. The maximum absolute atomic E-state index is 4.42. The predicted octanol–water partition coefficient (Wildman–Crippen LogP) is 2.87. The average Bonchev–Trinajstić information content (AvgIpc) is 3.02. The molecule has 0 aliphatic heterocycles. The molecule has 1 N–H and O–H groups in total. The molecule has 0 aromatic carbocycles. The van der Waals surface area contributed by atoms with Crippen LogP contribution in [0.3, 0.4) is 0 Å². The van der Waals surface area contributed by atoms with E-state index in [0.717, 1.165) is 17.4 Å². The van der Waals surface area contributed by atoms with Gasteiger partial charge in [0.25, 0.3) is 0 Å². The second kappa shape index (κ2) is 4.80. The average molecular weight is 242 g/mol. The first-order valence-electron chi connectivity index (χ1n) is 6.54. The van der Waals surface area contributed by atoms with Crippen molar-refractivity contribution >= 4 is 5.69 Å². The summed E-state index contributed by atoms with van der Waals surface area (Å²) < 4.78 is 1.81. The van der Waals surface area contributed by atoms with Crippen molar-refractivity contribution in [3.8, 4) is 5.82 Å². The lowest BCUT2D eigenvalue weighted by atomic mass is 10.1. The van der Waals surface area contributed by atoms with E-state index < -0.39 is 0 Å². The van der Waals surface area contributed by atoms with Crippen LogP contribution < -0.4 is 5.32 Å². The molecular weight excluding hydrogens is 224 g/mol. The molecule has 0 bridgehead atoms. The summed E-state index contributed by atoms with van der Waals surface area (Å²) >= 11 is 0. The third kappa shape index (κ3) is 2.23. The Bertz CT molecular complexity index is 506. The first kappa shape index (κ1) is 11.3. The van der Waals surface area contributed by atoms with Crippen LogP contribution in [-0.4, -0.2) is 20.8 Å². The quantitative estimate of drug-likeness (QED) is 0.900. The molecule has 4 nitrogen and oxygen atoms in total. The molecule has 3 rings (SSSR count). The van der Waals surface area contributed by atoms with Crippen molar-refractivity contribution in [1.82, 2.24) is 14.8 Å². The molecule has 2 aromatic heterocycles. The molecule has 1 fully saturated rings. The minimum atomic E-state index is 0.568. The third-order valence-corrected chi connectivity index (χ3v) is 3.56. The van der Waals surface area contributed by atoms with Gasteiger partial charge in [0.05, 0.1) is 5.69 Å². The van der Waals surface area contributed by atoms with Gasteiger partial charge in [-0.25, -0.2) is 9.67 Å². The standard InChI is InChI=1S/C14H18N4/c1-11-5-6-12(10-11)17-13-4-2-7-15-14(13)18-9-3-8-16-18/h2-4,7-9,11-12,17H,5-6,10H2,1H3. The van der Waals surface area contributed by atoms with Gasteiger partial charge in [-0.3, -0.25) is 0 Å². The Kier molecular flexibility index (Phi) is 3.00. The lowest BCUT2D eigenvalue weighted by Gasteiger charge is -2.16. The van der Waals surface area contributed by atoms with Crippen molar-refractivity contribution in [3.05, 3.63) is 36.8 Å². The number of hydrogen-bond acceptors (Lipinski definition) is 3. The Morgan fingerprint density at radius 3 is 2.94 bits per heavy atom. The zero-order valence-electron chi connectivity index (χ0n) is 10.6. The van der Waals surface area contributed by atoms with Gasteiger partial charge < -0.3 is 5.32 Å². The van der Waals surface area contributed by atoms with E-state index in [2.05, 4.69) is 28.4 Å². The van der Waals surface area contributed by atoms with E-state index in [-0.39, 0.29) is 0 Å². The molecule has 1 aliphatic carbocycles. The largest absolute Gasteiger partial charge is 0.379 e. The smallest absolute Gasteiger partial charge is 0.176 e. The normalized spacial score (nSPS) is 23.2. The van der Waals surface area contributed by atoms with Gasteiger partial charge in [-0.1, -0.05) is 6.92 Å². The molecule has 0 radical (unpaired) electrons. The van der Waals surface area contributed by atoms with Crippen molar-refractivity contribution < 1.29 is 0 Å². The summed E-state index contributed by atoms with van der Waals surface area (Å²) in [5, 5.41) is 7.86. The van der Waals surface area contributed by atoms with Crippen LogP contribution in [0.15, 0.2) is 36.8 Å². The van der Waals surface area contributed by atoms with Crippen LogP contribution in [0.2, 0.25) is 0 Å². The minimum Gasteiger partial charge on any atom is -0.379 e. The number of aromatic nitrogens is 3. The number of nitrogens with zero attached hydrogens (tertiary/aromatic N) is 3. The molecule has 2 heterocycles. The highest BCUT2D eigenvalue weighted by Gasteiger charge is 2.22. The van der Waals surface area contributed by atoms with E-state index >= 15 is 0 Å². The Morgan fingerprint density at radius 2 is 2.22 bits per heavy atom. The van der Waals surface area contributed by atoms with Gasteiger partial charge in [-0.05, 0) is 43.4 Å². The number of hydrogen-bond donors (Lipinski definition) is 1. The number of anilines is 1. The Balaban J connectivity index is 1.84. The lowest BCUT2D eigenvalue weighted by Crippen LogP contribution is -2.17. The van der Waals surface area contributed by atoms with Gasteiger partial charge in [0.15, 0.2) is 5.82 Å². The van der Waals surface area contributed by atoms with Gasteiger partial charge in [-0.2, -0.15) is 5.10 Å². The number of nitrogens with one attached hydrogen (secondary N) is 1. The van der Waals surface area contributed by atoms with Gasteiger partial charge in [0.1, 0.15) is 0 Å². The summed E-state index contributed by atoms with van der Waals surface area (Å²) in [6.45, 7) is 2.32. The van der Waals surface area contributed by atoms with Crippen LogP contribution in [0.5, 0.6) is 0 Å². The maximum atomic E-state index is 4.42. The summed E-state index contributed by atoms with van der Waals surface area (Å²) in [6, 6.07) is 6.52. The summed E-state index contributed by atoms with van der Waals surface area (Å²) in [4.78, 5) is 4.42. The van der Waals surface area contributed by atoms with E-state index in [0.29, 0.717) is 6.04 Å². The molecule has 0 spiro atoms. The van der Waals surface area contributed by atoms with E-state index in [1.54, 1.807) is 17.1 Å². The Morgan fingerprint density at radius 1 is 1.28 bits per heavy atom. The second-order valence-electron chi connectivity index (χ2n) is 5.08. The minimum absolute atomic E-state index is 0.568. The zero-order valence-corrected chi connectivity index (χ0v) is 10.6. The molecule has 4 heteroatoms. The topological polar surface area (TPSA) is 42.7 Å². The molecule has 2 aromatic rings. The Hall–Kier alpha value is -1.84. The highest BCUT2D eigenvalue weighted by Crippen LogP contribution is 2.28. The van der Waals surface area contributed by atoms with Gasteiger partial charge >= 0.3 is 0 Å². The molecule has 0 saturated heterocycles. The van der Waals surface area contributed by atoms with E-state index in [4.69, 9.17) is 0 Å². The van der Waals surface area contributed by atoms with Gasteiger partial charge in [0, 0.05) is 24.6 Å². The van der Waals surface area contributed by atoms with Crippen LogP contribution in [-0.2, 0) is 0 Å². The van der Waals surface area contributed by atoms with Gasteiger partial charge in [-0.15, -0.1) is 0 Å². The molecular formula is C14H18N4. The van der Waals surface area contributed by atoms with Crippen LogP contribution in [0.4, 0.5) is 5.69 Å². The molecule has 1 aliphatic rings. The summed E-state index contributed by atoms with van der Waals surface area (Å²) in [7, 11) is 0. The fraction of sp³-hybridized carbons (Fsp3) is 0.429.